The molecule has 1 atom stereocenters. The molecule has 0 spiro atoms. The van der Waals surface area contributed by atoms with Crippen LogP contribution >= 0.6 is 0 Å². The molecule has 0 radical (unpaired) electrons. The molecule has 0 amide bonds. The highest BCUT2D eigenvalue weighted by Crippen LogP contribution is 1.97. The summed E-state index contributed by atoms with van der Waals surface area (Å²) in [6.07, 6.45) is 2.45. The Bertz CT molecular complexity index is 139. The summed E-state index contributed by atoms with van der Waals surface area (Å²) in [7, 11) is 1.63. The fourth-order valence-electron chi connectivity index (χ4n) is 0.557. The van der Waals surface area contributed by atoms with E-state index in [0.717, 1.165) is 6.42 Å². The molecule has 3 heteroatoms. The Morgan fingerprint density at radius 2 is 2.60 bits per heavy atom. The first-order chi connectivity index (χ1) is 4.85. The first-order valence-electron chi connectivity index (χ1n) is 3.08. The molecule has 0 saturated carbocycles. The SMILES string of the molecule is C=CC(CCOC)N=C=N. The molecule has 0 saturated heterocycles. The minimum atomic E-state index is -0.0163. The highest BCUT2D eigenvalue weighted by molar-refractivity contribution is 5.36. The van der Waals surface area contributed by atoms with E-state index in [1.54, 1.807) is 13.2 Å². The molecule has 0 rings (SSSR count). The van der Waals surface area contributed by atoms with E-state index in [1.807, 2.05) is 6.01 Å². The van der Waals surface area contributed by atoms with E-state index < -0.39 is 0 Å². The third kappa shape index (κ3) is 4.01. The van der Waals surface area contributed by atoms with Crippen LogP contribution in [0.3, 0.4) is 0 Å². The van der Waals surface area contributed by atoms with Gasteiger partial charge >= 0.3 is 0 Å². The molecule has 0 aromatic carbocycles. The van der Waals surface area contributed by atoms with Crippen molar-refractivity contribution in [3.63, 3.8) is 0 Å². The third-order valence-electron chi connectivity index (χ3n) is 1.12. The van der Waals surface area contributed by atoms with Crippen molar-refractivity contribution in [3.8, 4) is 0 Å². The molecule has 0 bridgehead atoms. The Kier molecular flexibility index (Phi) is 5.63. The van der Waals surface area contributed by atoms with Gasteiger partial charge < -0.3 is 4.74 Å². The zero-order valence-electron chi connectivity index (χ0n) is 6.13. The van der Waals surface area contributed by atoms with Crippen molar-refractivity contribution in [2.24, 2.45) is 4.99 Å². The molecule has 0 aliphatic heterocycles. The van der Waals surface area contributed by atoms with Gasteiger partial charge in [-0.3, -0.25) is 0 Å². The fourth-order valence-corrected chi connectivity index (χ4v) is 0.557. The summed E-state index contributed by atoms with van der Waals surface area (Å²) in [5.41, 5.74) is 0. The lowest BCUT2D eigenvalue weighted by molar-refractivity contribution is 0.192. The average Bonchev–Trinajstić information content (AvgIpc) is 1.98. The minimum absolute atomic E-state index is 0.0163. The summed E-state index contributed by atoms with van der Waals surface area (Å²) in [6.45, 7) is 4.20. The Labute approximate surface area is 60.9 Å². The molecule has 0 heterocycles. The number of rotatable bonds is 5. The van der Waals surface area contributed by atoms with Crippen LogP contribution in [0, 0.1) is 5.41 Å². The van der Waals surface area contributed by atoms with Gasteiger partial charge in [0.15, 0.2) is 0 Å². The first kappa shape index (κ1) is 9.08. The highest BCUT2D eigenvalue weighted by Gasteiger charge is 1.97. The quantitative estimate of drug-likeness (QED) is 0.454. The second-order valence-corrected chi connectivity index (χ2v) is 1.83. The van der Waals surface area contributed by atoms with Crippen LogP contribution in [-0.4, -0.2) is 25.8 Å². The molecule has 0 aliphatic rings. The number of hydrogen-bond acceptors (Lipinski definition) is 3. The smallest absolute Gasteiger partial charge is 0.0868 e. The molecule has 1 unspecified atom stereocenters. The molecule has 0 aromatic rings. The van der Waals surface area contributed by atoms with Crippen LogP contribution in [0.1, 0.15) is 6.42 Å². The maximum atomic E-state index is 6.57. The van der Waals surface area contributed by atoms with E-state index in [1.165, 1.54) is 0 Å². The van der Waals surface area contributed by atoms with E-state index in [2.05, 4.69) is 11.6 Å². The molecular weight excluding hydrogens is 128 g/mol. The molecular formula is C7H12N2O. The third-order valence-corrected chi connectivity index (χ3v) is 1.12. The summed E-state index contributed by atoms with van der Waals surface area (Å²) < 4.78 is 4.82. The molecule has 0 aliphatic carbocycles. The Morgan fingerprint density at radius 3 is 3.00 bits per heavy atom. The van der Waals surface area contributed by atoms with Gasteiger partial charge in [0.1, 0.15) is 0 Å². The van der Waals surface area contributed by atoms with Crippen LogP contribution < -0.4 is 0 Å². The largest absolute Gasteiger partial charge is 0.385 e. The van der Waals surface area contributed by atoms with Gasteiger partial charge in [0.2, 0.25) is 0 Å². The predicted molar refractivity (Wildman–Crippen MR) is 40.6 cm³/mol. The predicted octanol–water partition coefficient (Wildman–Crippen LogP) is 1.33. The van der Waals surface area contributed by atoms with Gasteiger partial charge in [-0.05, 0) is 6.42 Å². The van der Waals surface area contributed by atoms with E-state index in [-0.39, 0.29) is 6.04 Å². The summed E-state index contributed by atoms with van der Waals surface area (Å²) in [5, 5.41) is 6.57. The van der Waals surface area contributed by atoms with Gasteiger partial charge in [0.25, 0.3) is 0 Å². The monoisotopic (exact) mass is 140 g/mol. The molecule has 1 N–H and O–H groups in total. The van der Waals surface area contributed by atoms with E-state index >= 15 is 0 Å². The molecule has 0 fully saturated rings. The topological polar surface area (TPSA) is 45.4 Å². The standard InChI is InChI=1S/C7H12N2O/c1-3-7(9-6-8)4-5-10-2/h3,7-8H,1,4-5H2,2H3. The zero-order chi connectivity index (χ0) is 7.82. The second kappa shape index (κ2) is 6.20. The van der Waals surface area contributed by atoms with Gasteiger partial charge in [-0.15, -0.1) is 6.58 Å². The van der Waals surface area contributed by atoms with Crippen LogP contribution in [0.4, 0.5) is 0 Å². The summed E-state index contributed by atoms with van der Waals surface area (Å²) in [4.78, 5) is 3.70. The fraction of sp³-hybridized carbons (Fsp3) is 0.571. The van der Waals surface area contributed by atoms with Crippen LogP contribution in [0.15, 0.2) is 17.6 Å². The van der Waals surface area contributed by atoms with Crippen LogP contribution in [0.2, 0.25) is 0 Å². The lowest BCUT2D eigenvalue weighted by Crippen LogP contribution is -2.03. The number of nitrogens with one attached hydrogen (secondary N) is 1. The highest BCUT2D eigenvalue weighted by atomic mass is 16.5. The van der Waals surface area contributed by atoms with Gasteiger partial charge in [0, 0.05) is 13.7 Å². The number of nitrogens with zero attached hydrogens (tertiary/aromatic N) is 1. The van der Waals surface area contributed by atoms with Crippen molar-refractivity contribution in [2.45, 2.75) is 12.5 Å². The number of ether oxygens (including phenoxy) is 1. The summed E-state index contributed by atoms with van der Waals surface area (Å²) in [5.74, 6) is 0. The Morgan fingerprint density at radius 1 is 1.90 bits per heavy atom. The van der Waals surface area contributed by atoms with Crippen molar-refractivity contribution in [3.05, 3.63) is 12.7 Å². The number of aliphatic imine (C=N–C) groups is 1. The number of hydrogen-bond donors (Lipinski definition) is 1. The van der Waals surface area contributed by atoms with Gasteiger partial charge in [-0.25, -0.2) is 10.4 Å². The Hall–Kier alpha value is -0.920. The van der Waals surface area contributed by atoms with Crippen molar-refractivity contribution in [1.82, 2.24) is 0 Å². The lowest BCUT2D eigenvalue weighted by atomic mass is 10.2. The van der Waals surface area contributed by atoms with Crippen LogP contribution in [-0.2, 0) is 4.74 Å². The zero-order valence-corrected chi connectivity index (χ0v) is 6.13. The van der Waals surface area contributed by atoms with Crippen molar-refractivity contribution in [1.29, 1.82) is 5.41 Å². The molecule has 56 valence electrons. The maximum Gasteiger partial charge on any atom is 0.0868 e. The molecule has 0 aromatic heterocycles. The summed E-state index contributed by atoms with van der Waals surface area (Å²) in [6, 6.07) is 1.96. The van der Waals surface area contributed by atoms with Gasteiger partial charge in [-0.2, -0.15) is 0 Å². The average molecular weight is 140 g/mol. The lowest BCUT2D eigenvalue weighted by Gasteiger charge is -2.02. The van der Waals surface area contributed by atoms with Gasteiger partial charge in [0.05, 0.1) is 12.1 Å². The normalized spacial score (nSPS) is 11.7. The molecule has 10 heavy (non-hydrogen) atoms. The first-order valence-corrected chi connectivity index (χ1v) is 3.08. The van der Waals surface area contributed by atoms with E-state index in [4.69, 9.17) is 10.1 Å². The minimum Gasteiger partial charge on any atom is -0.385 e. The number of methoxy groups -OCH3 is 1. The van der Waals surface area contributed by atoms with Crippen molar-refractivity contribution in [2.75, 3.05) is 13.7 Å². The van der Waals surface area contributed by atoms with E-state index in [0.29, 0.717) is 6.61 Å². The Balaban J connectivity index is 3.60. The van der Waals surface area contributed by atoms with Crippen molar-refractivity contribution < 1.29 is 4.74 Å². The van der Waals surface area contributed by atoms with Gasteiger partial charge in [-0.1, -0.05) is 6.08 Å². The maximum absolute atomic E-state index is 6.57. The van der Waals surface area contributed by atoms with Crippen LogP contribution in [0.5, 0.6) is 0 Å². The van der Waals surface area contributed by atoms with Crippen LogP contribution in [0.25, 0.3) is 0 Å². The summed E-state index contributed by atoms with van der Waals surface area (Å²) >= 11 is 0. The second-order valence-electron chi connectivity index (χ2n) is 1.83. The van der Waals surface area contributed by atoms with Crippen molar-refractivity contribution >= 4 is 6.01 Å². The molecule has 3 nitrogen and oxygen atoms in total. The van der Waals surface area contributed by atoms with E-state index in [9.17, 15) is 0 Å².